The molecule has 4 heteroatoms. The summed E-state index contributed by atoms with van der Waals surface area (Å²) in [5.74, 6) is 0. The van der Waals surface area contributed by atoms with Crippen LogP contribution in [0.3, 0.4) is 0 Å². The van der Waals surface area contributed by atoms with Crippen LogP contribution in [0.25, 0.3) is 0 Å². The lowest BCUT2D eigenvalue weighted by Crippen LogP contribution is -2.17. The van der Waals surface area contributed by atoms with Crippen LogP contribution >= 0.6 is 12.2 Å². The second-order valence-electron chi connectivity index (χ2n) is 4.56. The Balaban J connectivity index is 2.56. The largest absolute Gasteiger partial charge is 0.324 e. The molecule has 0 aliphatic rings. The number of H-pyrrole nitrogens is 1. The van der Waals surface area contributed by atoms with E-state index >= 15 is 0 Å². The van der Waals surface area contributed by atoms with Crippen LogP contribution in [-0.4, -0.2) is 9.85 Å². The van der Waals surface area contributed by atoms with Crippen LogP contribution in [0.2, 0.25) is 0 Å². The van der Waals surface area contributed by atoms with E-state index in [0.717, 1.165) is 22.4 Å². The Labute approximate surface area is 122 Å². The number of aryl methyl sites for hydroxylation is 2. The maximum Gasteiger partial charge on any atom is 0.266 e. The van der Waals surface area contributed by atoms with Gasteiger partial charge in [-0.25, -0.2) is 0 Å². The quantitative estimate of drug-likeness (QED) is 0.695. The van der Waals surface area contributed by atoms with E-state index in [0.29, 0.717) is 11.3 Å². The van der Waals surface area contributed by atoms with Gasteiger partial charge in [0, 0.05) is 11.3 Å². The van der Waals surface area contributed by atoms with E-state index in [2.05, 4.69) is 4.98 Å². The fraction of sp³-hybridized carbons (Fsp3) is 0.188. The number of benzene rings is 1. The summed E-state index contributed by atoms with van der Waals surface area (Å²) in [5.41, 5.74) is 3.32. The third-order valence-electron chi connectivity index (χ3n) is 3.16. The molecule has 1 N–H and O–H groups in total. The molecule has 3 nitrogen and oxygen atoms in total. The van der Waals surface area contributed by atoms with Crippen molar-refractivity contribution in [3.8, 4) is 6.07 Å². The number of thiocarbonyl (C=S) groups is 1. The van der Waals surface area contributed by atoms with Gasteiger partial charge in [0.2, 0.25) is 0 Å². The molecule has 0 atom stereocenters. The molecule has 2 aromatic rings. The van der Waals surface area contributed by atoms with Gasteiger partial charge in [0.1, 0.15) is 11.6 Å². The Kier molecular flexibility index (Phi) is 4.11. The summed E-state index contributed by atoms with van der Waals surface area (Å²) < 4.78 is 0. The summed E-state index contributed by atoms with van der Waals surface area (Å²) in [4.78, 5) is 15.1. The van der Waals surface area contributed by atoms with Gasteiger partial charge in [-0.1, -0.05) is 49.0 Å². The Morgan fingerprint density at radius 2 is 2.00 bits per heavy atom. The molecule has 1 heterocycles. The first-order valence-corrected chi connectivity index (χ1v) is 6.75. The highest BCUT2D eigenvalue weighted by Gasteiger charge is 2.12. The van der Waals surface area contributed by atoms with Crippen molar-refractivity contribution < 1.29 is 0 Å². The minimum atomic E-state index is -0.361. The predicted octanol–water partition coefficient (Wildman–Crippen LogP) is 2.88. The molecule has 1 aromatic heterocycles. The molecule has 20 heavy (non-hydrogen) atoms. The van der Waals surface area contributed by atoms with Crippen molar-refractivity contribution in [3.63, 3.8) is 0 Å². The number of pyridine rings is 1. The standard InChI is InChI=1S/C16H14N2OS/c1-3-14-13(8-12(9-17)16(19)18-14)15(20)11-6-4-10(2)5-7-11/h4-8H,3H2,1-2H3,(H,18,19). The zero-order valence-corrected chi connectivity index (χ0v) is 12.2. The number of nitrogens with one attached hydrogen (secondary N) is 1. The Bertz CT molecular complexity index is 752. The van der Waals surface area contributed by atoms with Crippen molar-refractivity contribution in [2.24, 2.45) is 0 Å². The summed E-state index contributed by atoms with van der Waals surface area (Å²) in [7, 11) is 0. The van der Waals surface area contributed by atoms with Crippen molar-refractivity contribution in [2.45, 2.75) is 20.3 Å². The molecule has 0 unspecified atom stereocenters. The first kappa shape index (κ1) is 14.2. The van der Waals surface area contributed by atoms with Gasteiger partial charge in [0.15, 0.2) is 0 Å². The molecule has 0 amide bonds. The second-order valence-corrected chi connectivity index (χ2v) is 4.97. The minimum absolute atomic E-state index is 0.0895. The molecule has 2 rings (SSSR count). The number of nitriles is 1. The summed E-state index contributed by atoms with van der Waals surface area (Å²) >= 11 is 5.50. The molecule has 0 radical (unpaired) electrons. The van der Waals surface area contributed by atoms with E-state index < -0.39 is 0 Å². The number of aromatic nitrogens is 1. The van der Waals surface area contributed by atoms with Crippen LogP contribution in [-0.2, 0) is 6.42 Å². The number of hydrogen-bond donors (Lipinski definition) is 1. The highest BCUT2D eigenvalue weighted by molar-refractivity contribution is 7.81. The average Bonchev–Trinajstić information content (AvgIpc) is 2.47. The van der Waals surface area contributed by atoms with E-state index in [1.165, 1.54) is 0 Å². The third kappa shape index (κ3) is 2.68. The average molecular weight is 282 g/mol. The number of hydrogen-bond acceptors (Lipinski definition) is 3. The number of rotatable bonds is 3. The second kappa shape index (κ2) is 5.81. The van der Waals surface area contributed by atoms with Gasteiger partial charge >= 0.3 is 0 Å². The van der Waals surface area contributed by atoms with E-state index in [1.807, 2.05) is 44.2 Å². The monoisotopic (exact) mass is 282 g/mol. The number of aromatic amines is 1. The Morgan fingerprint density at radius 1 is 1.35 bits per heavy atom. The Morgan fingerprint density at radius 3 is 2.55 bits per heavy atom. The van der Waals surface area contributed by atoms with Crippen LogP contribution in [0.5, 0.6) is 0 Å². The maximum absolute atomic E-state index is 11.7. The fourth-order valence-electron chi connectivity index (χ4n) is 1.99. The zero-order valence-electron chi connectivity index (χ0n) is 11.4. The molecule has 0 bridgehead atoms. The summed E-state index contributed by atoms with van der Waals surface area (Å²) in [6, 6.07) is 11.4. The van der Waals surface area contributed by atoms with Gasteiger partial charge in [0.25, 0.3) is 5.56 Å². The van der Waals surface area contributed by atoms with Crippen molar-refractivity contribution in [2.75, 3.05) is 0 Å². The van der Waals surface area contributed by atoms with Crippen molar-refractivity contribution in [1.29, 1.82) is 5.26 Å². The highest BCUT2D eigenvalue weighted by atomic mass is 32.1. The molecule has 0 saturated heterocycles. The van der Waals surface area contributed by atoms with E-state index in [-0.39, 0.29) is 11.1 Å². The fourth-order valence-corrected chi connectivity index (χ4v) is 2.31. The lowest BCUT2D eigenvalue weighted by molar-refractivity contribution is 1.00. The zero-order chi connectivity index (χ0) is 14.7. The first-order chi connectivity index (χ1) is 9.56. The van der Waals surface area contributed by atoms with Crippen LogP contribution in [0.4, 0.5) is 0 Å². The van der Waals surface area contributed by atoms with Crippen molar-refractivity contribution >= 4 is 17.1 Å². The minimum Gasteiger partial charge on any atom is -0.324 e. The summed E-state index contributed by atoms with van der Waals surface area (Å²) in [5, 5.41) is 8.98. The topological polar surface area (TPSA) is 56.6 Å². The van der Waals surface area contributed by atoms with Gasteiger partial charge in [-0.05, 0) is 25.0 Å². The Hall–Kier alpha value is -2.25. The first-order valence-electron chi connectivity index (χ1n) is 6.34. The van der Waals surface area contributed by atoms with Gasteiger partial charge < -0.3 is 4.98 Å². The van der Waals surface area contributed by atoms with Gasteiger partial charge in [-0.3, -0.25) is 4.79 Å². The molecule has 1 aromatic carbocycles. The van der Waals surface area contributed by atoms with Crippen molar-refractivity contribution in [1.82, 2.24) is 4.98 Å². The van der Waals surface area contributed by atoms with E-state index in [9.17, 15) is 4.79 Å². The van der Waals surface area contributed by atoms with E-state index in [1.54, 1.807) is 6.07 Å². The van der Waals surface area contributed by atoms with Crippen molar-refractivity contribution in [3.05, 3.63) is 68.6 Å². The molecular formula is C16H14N2OS. The van der Waals surface area contributed by atoms with Crippen LogP contribution in [0.1, 0.15) is 34.9 Å². The van der Waals surface area contributed by atoms with Gasteiger partial charge in [-0.15, -0.1) is 0 Å². The predicted molar refractivity (Wildman–Crippen MR) is 83.1 cm³/mol. The molecule has 0 fully saturated rings. The third-order valence-corrected chi connectivity index (χ3v) is 3.61. The van der Waals surface area contributed by atoms with Gasteiger partial charge in [-0.2, -0.15) is 5.26 Å². The number of nitrogens with zero attached hydrogens (tertiary/aromatic N) is 1. The molecule has 0 spiro atoms. The van der Waals surface area contributed by atoms with Crippen LogP contribution < -0.4 is 5.56 Å². The smallest absolute Gasteiger partial charge is 0.266 e. The molecule has 100 valence electrons. The molecule has 0 aliphatic carbocycles. The maximum atomic E-state index is 11.7. The summed E-state index contributed by atoms with van der Waals surface area (Å²) in [6.07, 6.45) is 0.655. The van der Waals surface area contributed by atoms with Gasteiger partial charge in [0.05, 0.1) is 4.86 Å². The highest BCUT2D eigenvalue weighted by Crippen LogP contribution is 2.15. The lowest BCUT2D eigenvalue weighted by Gasteiger charge is -2.10. The van der Waals surface area contributed by atoms with Crippen LogP contribution in [0.15, 0.2) is 35.1 Å². The lowest BCUT2D eigenvalue weighted by atomic mass is 10.00. The normalized spacial score (nSPS) is 10.1. The van der Waals surface area contributed by atoms with E-state index in [4.69, 9.17) is 17.5 Å². The SMILES string of the molecule is CCc1[nH]c(=O)c(C#N)cc1C(=S)c1ccc(C)cc1. The molecule has 0 aliphatic heterocycles. The summed E-state index contributed by atoms with van der Waals surface area (Å²) in [6.45, 7) is 3.96. The molecular weight excluding hydrogens is 268 g/mol. The molecule has 0 saturated carbocycles. The van der Waals surface area contributed by atoms with Crippen LogP contribution in [0, 0.1) is 18.3 Å².